The van der Waals surface area contributed by atoms with E-state index >= 15 is 0 Å². The van der Waals surface area contributed by atoms with Crippen molar-refractivity contribution in [3.05, 3.63) is 0 Å². The van der Waals surface area contributed by atoms with E-state index in [2.05, 4.69) is 5.32 Å². The second-order valence-electron chi connectivity index (χ2n) is 4.60. The minimum atomic E-state index is -0.806. The normalized spacial score (nSPS) is 24.8. The molecule has 2 N–H and O–H groups in total. The monoisotopic (exact) mass is 259 g/mol. The summed E-state index contributed by atoms with van der Waals surface area (Å²) in [7, 11) is 3.13. The fourth-order valence-electron chi connectivity index (χ4n) is 2.20. The lowest BCUT2D eigenvalue weighted by molar-refractivity contribution is -0.141. The average molecular weight is 259 g/mol. The Morgan fingerprint density at radius 2 is 2.00 bits per heavy atom. The number of aliphatic carboxylic acids is 1. The van der Waals surface area contributed by atoms with Crippen molar-refractivity contribution < 1.29 is 24.2 Å². The van der Waals surface area contributed by atoms with Crippen LogP contribution in [0.3, 0.4) is 0 Å². The molecule has 0 aromatic heterocycles. The number of carboxylic acids is 1. The number of carbonyl (C=O) groups is 2. The van der Waals surface area contributed by atoms with Crippen LogP contribution in [-0.2, 0) is 19.1 Å². The minimum absolute atomic E-state index is 0.0862. The molecular formula is C12H21NO5. The smallest absolute Gasteiger partial charge is 0.306 e. The zero-order valence-electron chi connectivity index (χ0n) is 10.8. The van der Waals surface area contributed by atoms with Gasteiger partial charge in [-0.2, -0.15) is 0 Å². The van der Waals surface area contributed by atoms with E-state index in [1.165, 1.54) is 0 Å². The van der Waals surface area contributed by atoms with Crippen LogP contribution in [-0.4, -0.2) is 50.5 Å². The molecule has 1 aliphatic rings. The van der Waals surface area contributed by atoms with E-state index in [1.807, 2.05) is 0 Å². The molecular weight excluding hydrogens is 238 g/mol. The zero-order valence-corrected chi connectivity index (χ0v) is 10.8. The van der Waals surface area contributed by atoms with Crippen molar-refractivity contribution in [2.24, 2.45) is 11.8 Å². The van der Waals surface area contributed by atoms with E-state index in [9.17, 15) is 9.59 Å². The molecule has 1 amide bonds. The first-order valence-electron chi connectivity index (χ1n) is 6.10. The van der Waals surface area contributed by atoms with Gasteiger partial charge in [0.05, 0.1) is 18.6 Å². The third-order valence-corrected chi connectivity index (χ3v) is 3.34. The van der Waals surface area contributed by atoms with Crippen molar-refractivity contribution >= 4 is 11.9 Å². The van der Waals surface area contributed by atoms with Crippen LogP contribution in [0.1, 0.15) is 19.3 Å². The second kappa shape index (κ2) is 7.33. The highest BCUT2D eigenvalue weighted by atomic mass is 16.5. The molecule has 0 saturated heterocycles. The molecule has 6 heteroatoms. The number of hydrogen-bond donors (Lipinski definition) is 2. The molecule has 0 aromatic carbocycles. The Kier molecular flexibility index (Phi) is 6.07. The Balaban J connectivity index is 2.31. The summed E-state index contributed by atoms with van der Waals surface area (Å²) >= 11 is 0. The van der Waals surface area contributed by atoms with Gasteiger partial charge in [-0.25, -0.2) is 0 Å². The average Bonchev–Trinajstić information content (AvgIpc) is 2.83. The van der Waals surface area contributed by atoms with Gasteiger partial charge in [0.2, 0.25) is 5.91 Å². The first-order chi connectivity index (χ1) is 8.58. The molecule has 1 fully saturated rings. The standard InChI is InChI=1S/C12H21NO5/c1-17-7-10(18-2)6-13-11(14)8-3-4-9(5-8)12(15)16/h8-10H,3-7H2,1-2H3,(H,13,14)(H,15,16)/t8-,9+,10?/m1/s1. The Labute approximate surface area is 107 Å². The van der Waals surface area contributed by atoms with E-state index in [0.29, 0.717) is 32.4 Å². The maximum Gasteiger partial charge on any atom is 0.306 e. The van der Waals surface area contributed by atoms with Gasteiger partial charge >= 0.3 is 5.97 Å². The highest BCUT2D eigenvalue weighted by molar-refractivity contribution is 5.80. The van der Waals surface area contributed by atoms with Crippen molar-refractivity contribution in [2.75, 3.05) is 27.4 Å². The van der Waals surface area contributed by atoms with E-state index in [0.717, 1.165) is 0 Å². The van der Waals surface area contributed by atoms with Crippen molar-refractivity contribution in [3.8, 4) is 0 Å². The van der Waals surface area contributed by atoms with Gasteiger partial charge < -0.3 is 19.9 Å². The SMILES string of the molecule is COCC(CNC(=O)[C@@H]1CC[C@H](C(=O)O)C1)OC. The van der Waals surface area contributed by atoms with E-state index in [4.69, 9.17) is 14.6 Å². The predicted octanol–water partition coefficient (Wildman–Crippen LogP) is 0.265. The lowest BCUT2D eigenvalue weighted by atomic mass is 10.0. The molecule has 0 radical (unpaired) electrons. The Morgan fingerprint density at radius 3 is 2.50 bits per heavy atom. The van der Waals surface area contributed by atoms with Crippen molar-refractivity contribution in [2.45, 2.75) is 25.4 Å². The van der Waals surface area contributed by atoms with Crippen LogP contribution in [0.5, 0.6) is 0 Å². The lowest BCUT2D eigenvalue weighted by Gasteiger charge is -2.17. The highest BCUT2D eigenvalue weighted by Gasteiger charge is 2.33. The van der Waals surface area contributed by atoms with Crippen LogP contribution >= 0.6 is 0 Å². The largest absolute Gasteiger partial charge is 0.481 e. The van der Waals surface area contributed by atoms with Crippen LogP contribution in [0.2, 0.25) is 0 Å². The van der Waals surface area contributed by atoms with Crippen molar-refractivity contribution in [1.82, 2.24) is 5.32 Å². The van der Waals surface area contributed by atoms with E-state index in [1.54, 1.807) is 14.2 Å². The summed E-state index contributed by atoms with van der Waals surface area (Å²) in [5.41, 5.74) is 0. The van der Waals surface area contributed by atoms with Gasteiger partial charge in [-0.05, 0) is 19.3 Å². The van der Waals surface area contributed by atoms with Crippen molar-refractivity contribution in [3.63, 3.8) is 0 Å². The van der Waals surface area contributed by atoms with E-state index in [-0.39, 0.29) is 23.8 Å². The summed E-state index contributed by atoms with van der Waals surface area (Å²) in [6.07, 6.45) is 1.49. The van der Waals surface area contributed by atoms with Crippen LogP contribution in [0.4, 0.5) is 0 Å². The van der Waals surface area contributed by atoms with Gasteiger partial charge in [-0.3, -0.25) is 9.59 Å². The summed E-state index contributed by atoms with van der Waals surface area (Å²) in [5.74, 6) is -1.46. The van der Waals surface area contributed by atoms with Crippen LogP contribution in [0.15, 0.2) is 0 Å². The predicted molar refractivity (Wildman–Crippen MR) is 64.1 cm³/mol. The molecule has 1 aliphatic carbocycles. The first-order valence-corrected chi connectivity index (χ1v) is 6.10. The first kappa shape index (κ1) is 14.9. The molecule has 0 heterocycles. The molecule has 104 valence electrons. The third-order valence-electron chi connectivity index (χ3n) is 3.34. The Bertz CT molecular complexity index is 294. The maximum absolute atomic E-state index is 11.8. The minimum Gasteiger partial charge on any atom is -0.481 e. The Morgan fingerprint density at radius 1 is 1.33 bits per heavy atom. The van der Waals surface area contributed by atoms with Gasteiger partial charge in [-0.15, -0.1) is 0 Å². The molecule has 0 bridgehead atoms. The summed E-state index contributed by atoms with van der Waals surface area (Å²) in [6.45, 7) is 0.802. The molecule has 0 spiro atoms. The highest BCUT2D eigenvalue weighted by Crippen LogP contribution is 2.31. The van der Waals surface area contributed by atoms with Crippen LogP contribution in [0, 0.1) is 11.8 Å². The molecule has 0 aliphatic heterocycles. The van der Waals surface area contributed by atoms with Crippen molar-refractivity contribution in [1.29, 1.82) is 0 Å². The number of ether oxygens (including phenoxy) is 2. The van der Waals surface area contributed by atoms with Gasteiger partial charge in [0.25, 0.3) is 0 Å². The number of carboxylic acid groups (broad SMARTS) is 1. The quantitative estimate of drug-likeness (QED) is 0.685. The Hall–Kier alpha value is -1.14. The van der Waals surface area contributed by atoms with Gasteiger partial charge in [0.15, 0.2) is 0 Å². The summed E-state index contributed by atoms with van der Waals surface area (Å²) < 4.78 is 10.1. The molecule has 1 unspecified atom stereocenters. The maximum atomic E-state index is 11.8. The number of nitrogens with one attached hydrogen (secondary N) is 1. The van der Waals surface area contributed by atoms with E-state index < -0.39 is 5.97 Å². The summed E-state index contributed by atoms with van der Waals surface area (Å²) in [4.78, 5) is 22.6. The number of hydrogen-bond acceptors (Lipinski definition) is 4. The number of rotatable bonds is 7. The molecule has 1 rings (SSSR count). The molecule has 3 atom stereocenters. The second-order valence-corrected chi connectivity index (χ2v) is 4.60. The number of methoxy groups -OCH3 is 2. The summed E-state index contributed by atoms with van der Waals surface area (Å²) in [6, 6.07) is 0. The lowest BCUT2D eigenvalue weighted by Crippen LogP contribution is -2.38. The van der Waals surface area contributed by atoms with Crippen LogP contribution < -0.4 is 5.32 Å². The fraction of sp³-hybridized carbons (Fsp3) is 0.833. The molecule has 1 saturated carbocycles. The zero-order chi connectivity index (χ0) is 13.5. The van der Waals surface area contributed by atoms with Gasteiger partial charge in [0, 0.05) is 26.7 Å². The fourth-order valence-corrected chi connectivity index (χ4v) is 2.20. The number of carbonyl (C=O) groups excluding carboxylic acids is 1. The molecule has 18 heavy (non-hydrogen) atoms. The topological polar surface area (TPSA) is 84.9 Å². The number of amides is 1. The van der Waals surface area contributed by atoms with Gasteiger partial charge in [0.1, 0.15) is 0 Å². The van der Waals surface area contributed by atoms with Crippen LogP contribution in [0.25, 0.3) is 0 Å². The summed E-state index contributed by atoms with van der Waals surface area (Å²) in [5, 5.41) is 11.7. The molecule has 6 nitrogen and oxygen atoms in total. The molecule has 0 aromatic rings. The van der Waals surface area contributed by atoms with Gasteiger partial charge in [-0.1, -0.05) is 0 Å². The third kappa shape index (κ3) is 4.27.